The lowest BCUT2D eigenvalue weighted by molar-refractivity contribution is 0.299. The summed E-state index contributed by atoms with van der Waals surface area (Å²) in [4.78, 5) is 0. The van der Waals surface area contributed by atoms with Crippen molar-refractivity contribution in [1.82, 2.24) is 0 Å². The molecule has 104 valence electrons. The fraction of sp³-hybridized carbons (Fsp3) is 0.0714. The lowest BCUT2D eigenvalue weighted by atomic mass is 10.2. The summed E-state index contributed by atoms with van der Waals surface area (Å²) in [6, 6.07) is 11.4. The first-order valence-corrected chi connectivity index (χ1v) is 6.13. The second kappa shape index (κ2) is 6.25. The van der Waals surface area contributed by atoms with E-state index >= 15 is 0 Å². The molecule has 0 heterocycles. The smallest absolute Gasteiger partial charge is 0.170 e. The molecule has 2 aromatic rings. The molecule has 0 saturated carbocycles. The van der Waals surface area contributed by atoms with Crippen molar-refractivity contribution >= 4 is 17.4 Å². The van der Waals surface area contributed by atoms with Crippen molar-refractivity contribution in [2.45, 2.75) is 6.61 Å². The molecule has 0 aliphatic carbocycles. The van der Waals surface area contributed by atoms with Crippen LogP contribution in [-0.2, 0) is 6.61 Å². The van der Waals surface area contributed by atoms with Crippen molar-refractivity contribution in [3.05, 3.63) is 64.4 Å². The minimum Gasteiger partial charge on any atom is -0.489 e. The molecular formula is C14H12ClFN2O2. The van der Waals surface area contributed by atoms with E-state index in [0.717, 1.165) is 0 Å². The summed E-state index contributed by atoms with van der Waals surface area (Å²) >= 11 is 5.69. The molecule has 0 atom stereocenters. The zero-order valence-electron chi connectivity index (χ0n) is 10.4. The molecular weight excluding hydrogens is 283 g/mol. The molecule has 3 N–H and O–H groups in total. The SMILES string of the molecule is N/C(=N/O)c1cccc(OCc2cccc(Cl)c2F)c1. The van der Waals surface area contributed by atoms with E-state index in [9.17, 15) is 4.39 Å². The summed E-state index contributed by atoms with van der Waals surface area (Å²) in [6.45, 7) is 0.0337. The lowest BCUT2D eigenvalue weighted by Crippen LogP contribution is -2.13. The Kier molecular flexibility index (Phi) is 4.42. The van der Waals surface area contributed by atoms with Gasteiger partial charge in [0.2, 0.25) is 0 Å². The number of ether oxygens (including phenoxy) is 1. The van der Waals surface area contributed by atoms with Gasteiger partial charge in [0.15, 0.2) is 5.84 Å². The first-order chi connectivity index (χ1) is 9.61. The molecule has 0 spiro atoms. The van der Waals surface area contributed by atoms with Crippen LogP contribution in [0.1, 0.15) is 11.1 Å². The van der Waals surface area contributed by atoms with E-state index in [1.807, 2.05) is 0 Å². The van der Waals surface area contributed by atoms with Gasteiger partial charge in [0.1, 0.15) is 18.2 Å². The molecule has 2 aromatic carbocycles. The average Bonchev–Trinajstić information content (AvgIpc) is 2.48. The van der Waals surface area contributed by atoms with E-state index in [2.05, 4.69) is 5.16 Å². The summed E-state index contributed by atoms with van der Waals surface area (Å²) in [5, 5.41) is 11.6. The van der Waals surface area contributed by atoms with Crippen LogP contribution >= 0.6 is 11.6 Å². The lowest BCUT2D eigenvalue weighted by Gasteiger charge is -2.09. The maximum Gasteiger partial charge on any atom is 0.170 e. The molecule has 2 rings (SSSR count). The van der Waals surface area contributed by atoms with Crippen LogP contribution in [-0.4, -0.2) is 11.0 Å². The van der Waals surface area contributed by atoms with Crippen molar-refractivity contribution < 1.29 is 14.3 Å². The van der Waals surface area contributed by atoms with Crippen LogP contribution in [0.2, 0.25) is 5.02 Å². The Morgan fingerprint density at radius 3 is 2.80 bits per heavy atom. The molecule has 0 amide bonds. The van der Waals surface area contributed by atoms with Gasteiger partial charge in [-0.25, -0.2) is 4.39 Å². The van der Waals surface area contributed by atoms with Gasteiger partial charge in [0.25, 0.3) is 0 Å². The normalized spacial score (nSPS) is 11.4. The van der Waals surface area contributed by atoms with Crippen LogP contribution in [0.5, 0.6) is 5.75 Å². The van der Waals surface area contributed by atoms with Crippen LogP contribution in [0, 0.1) is 5.82 Å². The minimum absolute atomic E-state index is 0.0237. The summed E-state index contributed by atoms with van der Waals surface area (Å²) < 4.78 is 19.2. The van der Waals surface area contributed by atoms with E-state index in [4.69, 9.17) is 27.3 Å². The van der Waals surface area contributed by atoms with Gasteiger partial charge in [-0.3, -0.25) is 0 Å². The number of halogens is 2. The highest BCUT2D eigenvalue weighted by molar-refractivity contribution is 6.30. The Hall–Kier alpha value is -2.27. The minimum atomic E-state index is -0.498. The van der Waals surface area contributed by atoms with E-state index in [1.165, 1.54) is 6.07 Å². The number of hydrogen-bond donors (Lipinski definition) is 2. The molecule has 0 aliphatic heterocycles. The average molecular weight is 295 g/mol. The number of nitrogens with zero attached hydrogens (tertiary/aromatic N) is 1. The van der Waals surface area contributed by atoms with Gasteiger partial charge in [-0.2, -0.15) is 0 Å². The Morgan fingerprint density at radius 1 is 1.30 bits per heavy atom. The van der Waals surface area contributed by atoms with Crippen molar-refractivity contribution in [3.8, 4) is 5.75 Å². The third kappa shape index (κ3) is 3.19. The van der Waals surface area contributed by atoms with E-state index in [0.29, 0.717) is 16.9 Å². The van der Waals surface area contributed by atoms with Crippen molar-refractivity contribution in [2.75, 3.05) is 0 Å². The summed E-state index contributed by atoms with van der Waals surface area (Å²) in [5.74, 6) is -0.0420. The van der Waals surface area contributed by atoms with E-state index in [1.54, 1.807) is 36.4 Å². The zero-order chi connectivity index (χ0) is 14.5. The van der Waals surface area contributed by atoms with Gasteiger partial charge in [0, 0.05) is 11.1 Å². The highest BCUT2D eigenvalue weighted by atomic mass is 35.5. The number of oxime groups is 1. The van der Waals surface area contributed by atoms with Crippen molar-refractivity contribution in [1.29, 1.82) is 0 Å². The van der Waals surface area contributed by atoms with Crippen molar-refractivity contribution in [3.63, 3.8) is 0 Å². The van der Waals surface area contributed by atoms with Crippen LogP contribution < -0.4 is 10.5 Å². The molecule has 0 unspecified atom stereocenters. The number of amidine groups is 1. The predicted molar refractivity (Wildman–Crippen MR) is 74.7 cm³/mol. The highest BCUT2D eigenvalue weighted by Crippen LogP contribution is 2.20. The van der Waals surface area contributed by atoms with Gasteiger partial charge in [-0.1, -0.05) is 41.0 Å². The maximum absolute atomic E-state index is 13.7. The summed E-state index contributed by atoms with van der Waals surface area (Å²) in [7, 11) is 0. The highest BCUT2D eigenvalue weighted by Gasteiger charge is 2.07. The Bertz CT molecular complexity index is 647. The molecule has 4 nitrogen and oxygen atoms in total. The fourth-order valence-electron chi connectivity index (χ4n) is 1.62. The van der Waals surface area contributed by atoms with Crippen LogP contribution in [0.25, 0.3) is 0 Å². The third-order valence-corrected chi connectivity index (χ3v) is 2.96. The molecule has 0 bridgehead atoms. The monoisotopic (exact) mass is 294 g/mol. The Balaban J connectivity index is 2.13. The molecule has 0 saturated heterocycles. The number of hydrogen-bond acceptors (Lipinski definition) is 3. The van der Waals surface area contributed by atoms with Crippen molar-refractivity contribution in [2.24, 2.45) is 10.9 Å². The molecule has 20 heavy (non-hydrogen) atoms. The quantitative estimate of drug-likeness (QED) is 0.394. The fourth-order valence-corrected chi connectivity index (χ4v) is 1.82. The summed E-state index contributed by atoms with van der Waals surface area (Å²) in [5.41, 5.74) is 6.35. The Morgan fingerprint density at radius 2 is 2.05 bits per heavy atom. The van der Waals surface area contributed by atoms with Gasteiger partial charge < -0.3 is 15.7 Å². The zero-order valence-corrected chi connectivity index (χ0v) is 11.1. The first kappa shape index (κ1) is 14.1. The summed E-state index contributed by atoms with van der Waals surface area (Å²) in [6.07, 6.45) is 0. The molecule has 0 aromatic heterocycles. The molecule has 0 aliphatic rings. The van der Waals surface area contributed by atoms with E-state index in [-0.39, 0.29) is 17.5 Å². The number of nitrogens with two attached hydrogens (primary N) is 1. The second-order valence-electron chi connectivity index (χ2n) is 4.01. The third-order valence-electron chi connectivity index (χ3n) is 2.66. The largest absolute Gasteiger partial charge is 0.489 e. The molecule has 0 fully saturated rings. The van der Waals surface area contributed by atoms with Crippen LogP contribution in [0.15, 0.2) is 47.6 Å². The first-order valence-electron chi connectivity index (χ1n) is 5.75. The molecule has 0 radical (unpaired) electrons. The number of rotatable bonds is 4. The van der Waals surface area contributed by atoms with Gasteiger partial charge in [0.05, 0.1) is 5.02 Å². The predicted octanol–water partition coefficient (Wildman–Crippen LogP) is 3.15. The topological polar surface area (TPSA) is 67.8 Å². The van der Waals surface area contributed by atoms with Crippen LogP contribution in [0.3, 0.4) is 0 Å². The van der Waals surface area contributed by atoms with E-state index < -0.39 is 5.82 Å². The maximum atomic E-state index is 13.7. The van der Waals surface area contributed by atoms with Gasteiger partial charge in [-0.15, -0.1) is 0 Å². The standard InChI is InChI=1S/C14H12ClFN2O2/c15-12-6-2-4-10(13(12)16)8-20-11-5-1-3-9(7-11)14(17)18-19/h1-7,19H,8H2,(H2,17,18). The molecule has 6 heteroatoms. The second-order valence-corrected chi connectivity index (χ2v) is 4.42. The van der Waals surface area contributed by atoms with Crippen LogP contribution in [0.4, 0.5) is 4.39 Å². The number of benzene rings is 2. The Labute approximate surface area is 120 Å². The van der Waals surface area contributed by atoms with Gasteiger partial charge >= 0.3 is 0 Å². The van der Waals surface area contributed by atoms with Gasteiger partial charge in [-0.05, 0) is 18.2 Å².